The molecule has 1 fully saturated rings. The number of urea groups is 2. The normalized spacial score (nSPS) is 16.0. The van der Waals surface area contributed by atoms with Crippen LogP contribution < -0.4 is 0 Å². The third-order valence-electron chi connectivity index (χ3n) is 4.98. The van der Waals surface area contributed by atoms with Crippen LogP contribution in [0.1, 0.15) is 18.1 Å². The van der Waals surface area contributed by atoms with Crippen molar-refractivity contribution in [1.82, 2.24) is 14.7 Å². The van der Waals surface area contributed by atoms with Crippen LogP contribution in [0.25, 0.3) is 0 Å². The molecule has 4 rings (SSSR count). The lowest BCUT2D eigenvalue weighted by Crippen LogP contribution is -2.64. The van der Waals surface area contributed by atoms with Gasteiger partial charge in [0, 0.05) is 6.20 Å². The molecular weight excluding hydrogens is 396 g/mol. The molecule has 0 aromatic heterocycles. The lowest BCUT2D eigenvalue weighted by Gasteiger charge is -2.42. The smallest absolute Gasteiger partial charge is 0.337 e. The van der Waals surface area contributed by atoms with E-state index in [-0.39, 0.29) is 37.8 Å². The van der Waals surface area contributed by atoms with Gasteiger partial charge in [0.05, 0.1) is 31.8 Å². The van der Waals surface area contributed by atoms with Crippen LogP contribution in [0.2, 0.25) is 0 Å². The van der Waals surface area contributed by atoms with E-state index < -0.39 is 18.0 Å². The molecule has 0 radical (unpaired) electrons. The SMILES string of the molecule is CCOC(=O)C1=CN=C2N(C1)C(=O)N(Cc1ccccc1)C(=O)N2Cc1ccccc1. The number of esters is 1. The van der Waals surface area contributed by atoms with Crippen molar-refractivity contribution in [2.45, 2.75) is 20.0 Å². The summed E-state index contributed by atoms with van der Waals surface area (Å²) < 4.78 is 5.05. The Labute approximate surface area is 180 Å². The van der Waals surface area contributed by atoms with Crippen LogP contribution in [0.4, 0.5) is 9.59 Å². The van der Waals surface area contributed by atoms with Crippen molar-refractivity contribution in [2.75, 3.05) is 13.2 Å². The molecule has 1 saturated heterocycles. The predicted molar refractivity (Wildman–Crippen MR) is 114 cm³/mol. The standard InChI is InChI=1S/C23H22N4O4/c1-2-31-20(28)19-13-24-21-25(14-17-9-5-3-6-10-17)22(29)27(23(30)26(21)16-19)15-18-11-7-4-8-12-18/h3-13H,2,14-16H2,1H3. The molecule has 0 saturated carbocycles. The average Bonchev–Trinajstić information content (AvgIpc) is 2.80. The minimum Gasteiger partial charge on any atom is -0.463 e. The monoisotopic (exact) mass is 418 g/mol. The number of aliphatic imine (C=N–C) groups is 1. The van der Waals surface area contributed by atoms with Crippen LogP contribution in [0.3, 0.4) is 0 Å². The van der Waals surface area contributed by atoms with Gasteiger partial charge in [0.15, 0.2) is 0 Å². The molecule has 158 valence electrons. The van der Waals surface area contributed by atoms with Crippen LogP contribution in [0, 0.1) is 0 Å². The molecule has 4 amide bonds. The third kappa shape index (κ3) is 4.18. The number of carbonyl (C=O) groups excluding carboxylic acids is 3. The largest absolute Gasteiger partial charge is 0.463 e. The molecule has 2 aliphatic heterocycles. The fourth-order valence-corrected chi connectivity index (χ4v) is 3.46. The number of benzene rings is 2. The molecule has 8 heteroatoms. The summed E-state index contributed by atoms with van der Waals surface area (Å²) >= 11 is 0. The topological polar surface area (TPSA) is 82.5 Å². The van der Waals surface area contributed by atoms with Gasteiger partial charge < -0.3 is 4.74 Å². The molecule has 0 spiro atoms. The van der Waals surface area contributed by atoms with Crippen LogP contribution >= 0.6 is 0 Å². The molecule has 31 heavy (non-hydrogen) atoms. The fraction of sp³-hybridized carbons (Fsp3) is 0.217. The lowest BCUT2D eigenvalue weighted by molar-refractivity contribution is -0.138. The summed E-state index contributed by atoms with van der Waals surface area (Å²) in [6, 6.07) is 17.8. The molecular formula is C23H22N4O4. The summed E-state index contributed by atoms with van der Waals surface area (Å²) in [6.45, 7) is 2.28. The summed E-state index contributed by atoms with van der Waals surface area (Å²) in [7, 11) is 0. The van der Waals surface area contributed by atoms with E-state index in [9.17, 15) is 14.4 Å². The van der Waals surface area contributed by atoms with Crippen LogP contribution in [-0.2, 0) is 22.6 Å². The van der Waals surface area contributed by atoms with Gasteiger partial charge in [0.1, 0.15) is 0 Å². The van der Waals surface area contributed by atoms with E-state index in [0.717, 1.165) is 11.1 Å². The van der Waals surface area contributed by atoms with Gasteiger partial charge in [-0.3, -0.25) is 9.80 Å². The van der Waals surface area contributed by atoms with Crippen molar-refractivity contribution < 1.29 is 19.1 Å². The maximum Gasteiger partial charge on any atom is 0.337 e. The first kappa shape index (κ1) is 20.3. The Morgan fingerprint density at radius 2 is 1.48 bits per heavy atom. The first-order valence-electron chi connectivity index (χ1n) is 10.0. The van der Waals surface area contributed by atoms with Crippen molar-refractivity contribution in [3.63, 3.8) is 0 Å². The maximum absolute atomic E-state index is 13.3. The molecule has 0 bridgehead atoms. The highest BCUT2D eigenvalue weighted by Crippen LogP contribution is 2.24. The highest BCUT2D eigenvalue weighted by molar-refractivity contribution is 6.14. The zero-order chi connectivity index (χ0) is 21.8. The van der Waals surface area contributed by atoms with E-state index >= 15 is 0 Å². The van der Waals surface area contributed by atoms with Crippen molar-refractivity contribution in [3.05, 3.63) is 83.6 Å². The highest BCUT2D eigenvalue weighted by atomic mass is 16.5. The van der Waals surface area contributed by atoms with Crippen molar-refractivity contribution >= 4 is 24.0 Å². The van der Waals surface area contributed by atoms with Crippen molar-refractivity contribution in [1.29, 1.82) is 0 Å². The second kappa shape index (κ2) is 8.83. The first-order valence-corrected chi connectivity index (χ1v) is 10.0. The Kier molecular flexibility index (Phi) is 5.79. The van der Waals surface area contributed by atoms with Gasteiger partial charge in [-0.2, -0.15) is 0 Å². The molecule has 0 N–H and O–H groups in total. The summed E-state index contributed by atoms with van der Waals surface area (Å²) in [5.41, 5.74) is 1.97. The number of fused-ring (bicyclic) bond motifs is 1. The molecule has 2 aromatic carbocycles. The Balaban J connectivity index is 1.69. The minimum atomic E-state index is -0.529. The number of amides is 4. The molecule has 0 atom stereocenters. The Morgan fingerprint density at radius 3 is 2.06 bits per heavy atom. The number of hydrogen-bond acceptors (Lipinski definition) is 5. The number of rotatable bonds is 6. The van der Waals surface area contributed by atoms with E-state index in [1.54, 1.807) is 6.92 Å². The van der Waals surface area contributed by atoms with E-state index in [0.29, 0.717) is 0 Å². The Hall–Kier alpha value is -3.94. The van der Waals surface area contributed by atoms with Gasteiger partial charge in [-0.1, -0.05) is 60.7 Å². The zero-order valence-corrected chi connectivity index (χ0v) is 17.1. The van der Waals surface area contributed by atoms with Gasteiger partial charge in [-0.15, -0.1) is 0 Å². The van der Waals surface area contributed by atoms with Gasteiger partial charge >= 0.3 is 18.0 Å². The van der Waals surface area contributed by atoms with E-state index in [4.69, 9.17) is 4.74 Å². The van der Waals surface area contributed by atoms with Crippen molar-refractivity contribution in [2.24, 2.45) is 4.99 Å². The average molecular weight is 418 g/mol. The Bertz CT molecular complexity index is 1050. The van der Waals surface area contributed by atoms with Gasteiger partial charge in [-0.05, 0) is 18.1 Å². The minimum absolute atomic E-state index is 0.0135. The van der Waals surface area contributed by atoms with Gasteiger partial charge in [-0.25, -0.2) is 24.3 Å². The van der Waals surface area contributed by atoms with Crippen LogP contribution in [-0.4, -0.2) is 51.8 Å². The quantitative estimate of drug-likeness (QED) is 0.674. The molecule has 2 heterocycles. The summed E-state index contributed by atoms with van der Waals surface area (Å²) in [4.78, 5) is 47.0. The second-order valence-corrected chi connectivity index (χ2v) is 7.10. The molecule has 0 unspecified atom stereocenters. The zero-order valence-electron chi connectivity index (χ0n) is 17.1. The number of hydrogen-bond donors (Lipinski definition) is 0. The second-order valence-electron chi connectivity index (χ2n) is 7.10. The molecule has 2 aliphatic rings. The maximum atomic E-state index is 13.3. The predicted octanol–water partition coefficient (Wildman–Crippen LogP) is 3.36. The van der Waals surface area contributed by atoms with Crippen molar-refractivity contribution in [3.8, 4) is 0 Å². The molecule has 2 aromatic rings. The Morgan fingerprint density at radius 1 is 0.903 bits per heavy atom. The number of nitrogens with zero attached hydrogens (tertiary/aromatic N) is 4. The summed E-state index contributed by atoms with van der Waals surface area (Å²) in [5, 5.41) is 0. The third-order valence-corrected chi connectivity index (χ3v) is 4.98. The van der Waals surface area contributed by atoms with Crippen LogP contribution in [0.5, 0.6) is 0 Å². The van der Waals surface area contributed by atoms with E-state index in [1.165, 1.54) is 20.9 Å². The number of carbonyl (C=O) groups is 3. The number of imide groups is 1. The number of ether oxygens (including phenoxy) is 1. The number of guanidine groups is 1. The van der Waals surface area contributed by atoms with Gasteiger partial charge in [0.25, 0.3) is 0 Å². The first-order chi connectivity index (χ1) is 15.1. The summed E-state index contributed by atoms with van der Waals surface area (Å²) in [5.74, 6) is -0.324. The fourth-order valence-electron chi connectivity index (χ4n) is 3.46. The highest BCUT2D eigenvalue weighted by Gasteiger charge is 2.44. The summed E-state index contributed by atoms with van der Waals surface area (Å²) in [6.07, 6.45) is 1.37. The molecule has 0 aliphatic carbocycles. The molecule has 8 nitrogen and oxygen atoms in total. The van der Waals surface area contributed by atoms with E-state index in [1.807, 2.05) is 60.7 Å². The van der Waals surface area contributed by atoms with E-state index in [2.05, 4.69) is 4.99 Å². The van der Waals surface area contributed by atoms with Gasteiger partial charge in [0.2, 0.25) is 5.96 Å². The van der Waals surface area contributed by atoms with Crippen LogP contribution in [0.15, 0.2) is 77.4 Å². The lowest BCUT2D eigenvalue weighted by atomic mass is 10.2.